The largest absolute Gasteiger partial charge is 0.306 e. The van der Waals surface area contributed by atoms with Crippen molar-refractivity contribution in [2.24, 2.45) is 0 Å². The van der Waals surface area contributed by atoms with Gasteiger partial charge in [-0.3, -0.25) is 0 Å². The summed E-state index contributed by atoms with van der Waals surface area (Å²) < 4.78 is 0. The fourth-order valence-corrected chi connectivity index (χ4v) is 2.69. The molecule has 3 rings (SSSR count). The molecule has 0 heterocycles. The molecule has 1 fully saturated rings. The zero-order valence-electron chi connectivity index (χ0n) is 11.8. The monoisotopic (exact) mass is 285 g/mol. The maximum Gasteiger partial charge on any atom is 0.0409 e. The van der Waals surface area contributed by atoms with E-state index in [-0.39, 0.29) is 0 Å². The van der Waals surface area contributed by atoms with Crippen molar-refractivity contribution in [2.75, 3.05) is 0 Å². The Morgan fingerprint density at radius 1 is 1.15 bits per heavy atom. The standard InChI is InChI=1S/C18H20ClN/c1-13(17-3-2-4-18(19)11-17)20-12-14-5-7-15(8-6-14)16-9-10-16/h2-8,11,13,16,20H,9-10,12H2,1H3. The SMILES string of the molecule is CC(NCc1ccc(C2CC2)cc1)c1cccc(Cl)c1. The van der Waals surface area contributed by atoms with Crippen molar-refractivity contribution in [3.8, 4) is 0 Å². The van der Waals surface area contributed by atoms with Gasteiger partial charge in [-0.1, -0.05) is 48.0 Å². The summed E-state index contributed by atoms with van der Waals surface area (Å²) in [6, 6.07) is 17.4. The van der Waals surface area contributed by atoms with Crippen molar-refractivity contribution in [1.82, 2.24) is 5.32 Å². The summed E-state index contributed by atoms with van der Waals surface area (Å²) in [5, 5.41) is 4.34. The Kier molecular flexibility index (Phi) is 4.09. The third-order valence-corrected chi connectivity index (χ3v) is 4.22. The molecule has 2 aromatic rings. The molecule has 1 saturated carbocycles. The zero-order chi connectivity index (χ0) is 13.9. The van der Waals surface area contributed by atoms with Crippen molar-refractivity contribution >= 4 is 11.6 Å². The predicted molar refractivity (Wildman–Crippen MR) is 85.1 cm³/mol. The molecule has 1 aliphatic carbocycles. The van der Waals surface area contributed by atoms with E-state index in [2.05, 4.69) is 42.6 Å². The number of hydrogen-bond donors (Lipinski definition) is 1. The van der Waals surface area contributed by atoms with E-state index in [4.69, 9.17) is 11.6 Å². The molecule has 0 aliphatic heterocycles. The van der Waals surface area contributed by atoms with Crippen LogP contribution in [-0.2, 0) is 6.54 Å². The Labute approximate surface area is 126 Å². The fourth-order valence-electron chi connectivity index (χ4n) is 2.49. The highest BCUT2D eigenvalue weighted by molar-refractivity contribution is 6.30. The number of halogens is 1. The first-order valence-corrected chi connectivity index (χ1v) is 7.68. The number of rotatable bonds is 5. The fraction of sp³-hybridized carbons (Fsp3) is 0.333. The normalized spacial score (nSPS) is 16.1. The van der Waals surface area contributed by atoms with E-state index in [1.54, 1.807) is 0 Å². The zero-order valence-corrected chi connectivity index (χ0v) is 12.5. The number of hydrogen-bond acceptors (Lipinski definition) is 1. The van der Waals surface area contributed by atoms with Crippen LogP contribution < -0.4 is 5.32 Å². The van der Waals surface area contributed by atoms with Crippen LogP contribution in [0.4, 0.5) is 0 Å². The third kappa shape index (κ3) is 3.41. The lowest BCUT2D eigenvalue weighted by atomic mass is 10.1. The van der Waals surface area contributed by atoms with Crippen molar-refractivity contribution in [2.45, 2.75) is 38.3 Å². The molecule has 1 aliphatic rings. The average molecular weight is 286 g/mol. The van der Waals surface area contributed by atoms with Crippen molar-refractivity contribution in [1.29, 1.82) is 0 Å². The number of nitrogens with one attached hydrogen (secondary N) is 1. The molecule has 0 bridgehead atoms. The summed E-state index contributed by atoms with van der Waals surface area (Å²) in [6.07, 6.45) is 2.73. The Balaban J connectivity index is 1.58. The highest BCUT2D eigenvalue weighted by Crippen LogP contribution is 2.39. The van der Waals surface area contributed by atoms with Gasteiger partial charge in [0, 0.05) is 17.6 Å². The minimum absolute atomic E-state index is 0.303. The topological polar surface area (TPSA) is 12.0 Å². The highest BCUT2D eigenvalue weighted by Gasteiger charge is 2.22. The lowest BCUT2D eigenvalue weighted by Gasteiger charge is -2.15. The van der Waals surface area contributed by atoms with Crippen molar-refractivity contribution in [3.05, 3.63) is 70.2 Å². The molecule has 0 saturated heterocycles. The van der Waals surface area contributed by atoms with Gasteiger partial charge in [0.05, 0.1) is 0 Å². The first kappa shape index (κ1) is 13.7. The van der Waals surface area contributed by atoms with E-state index in [1.807, 2.05) is 18.2 Å². The lowest BCUT2D eigenvalue weighted by Crippen LogP contribution is -2.18. The lowest BCUT2D eigenvalue weighted by molar-refractivity contribution is 0.574. The third-order valence-electron chi connectivity index (χ3n) is 3.99. The highest BCUT2D eigenvalue weighted by atomic mass is 35.5. The van der Waals surface area contributed by atoms with Crippen LogP contribution in [0, 0.1) is 0 Å². The van der Waals surface area contributed by atoms with Crippen LogP contribution in [0.2, 0.25) is 5.02 Å². The second-order valence-corrected chi connectivity index (χ2v) is 6.11. The van der Waals surface area contributed by atoms with Gasteiger partial charge in [-0.25, -0.2) is 0 Å². The van der Waals surface area contributed by atoms with Gasteiger partial charge in [-0.05, 0) is 54.5 Å². The second kappa shape index (κ2) is 5.99. The van der Waals surface area contributed by atoms with Crippen LogP contribution >= 0.6 is 11.6 Å². The van der Waals surface area contributed by atoms with E-state index in [0.717, 1.165) is 17.5 Å². The van der Waals surface area contributed by atoms with E-state index < -0.39 is 0 Å². The van der Waals surface area contributed by atoms with E-state index in [0.29, 0.717) is 6.04 Å². The van der Waals surface area contributed by atoms with Crippen molar-refractivity contribution in [3.63, 3.8) is 0 Å². The Morgan fingerprint density at radius 2 is 1.90 bits per heavy atom. The summed E-state index contributed by atoms with van der Waals surface area (Å²) in [5.41, 5.74) is 4.06. The van der Waals surface area contributed by atoms with Crippen LogP contribution in [0.3, 0.4) is 0 Å². The van der Waals surface area contributed by atoms with E-state index >= 15 is 0 Å². The van der Waals surface area contributed by atoms with Gasteiger partial charge in [0.2, 0.25) is 0 Å². The first-order chi connectivity index (χ1) is 9.72. The first-order valence-electron chi connectivity index (χ1n) is 7.30. The van der Waals surface area contributed by atoms with E-state index in [1.165, 1.54) is 29.5 Å². The van der Waals surface area contributed by atoms with Crippen LogP contribution in [0.1, 0.15) is 48.4 Å². The minimum atomic E-state index is 0.303. The van der Waals surface area contributed by atoms with Gasteiger partial charge < -0.3 is 5.32 Å². The van der Waals surface area contributed by atoms with Gasteiger partial charge in [0.15, 0.2) is 0 Å². The van der Waals surface area contributed by atoms with E-state index in [9.17, 15) is 0 Å². The van der Waals surface area contributed by atoms with Gasteiger partial charge in [0.25, 0.3) is 0 Å². The quantitative estimate of drug-likeness (QED) is 0.809. The van der Waals surface area contributed by atoms with Gasteiger partial charge >= 0.3 is 0 Å². The summed E-state index contributed by atoms with van der Waals surface area (Å²) in [7, 11) is 0. The van der Waals surface area contributed by atoms with Gasteiger partial charge in [0.1, 0.15) is 0 Å². The molecule has 1 atom stereocenters. The second-order valence-electron chi connectivity index (χ2n) is 5.67. The average Bonchev–Trinajstić information content (AvgIpc) is 3.30. The van der Waals surface area contributed by atoms with Crippen LogP contribution in [0.5, 0.6) is 0 Å². The Bertz CT molecular complexity index is 572. The summed E-state index contributed by atoms with van der Waals surface area (Å²) >= 11 is 6.03. The number of benzene rings is 2. The maximum atomic E-state index is 6.03. The minimum Gasteiger partial charge on any atom is -0.306 e. The molecule has 1 unspecified atom stereocenters. The molecule has 104 valence electrons. The summed E-state index contributed by atoms with van der Waals surface area (Å²) in [4.78, 5) is 0. The van der Waals surface area contributed by atoms with Gasteiger partial charge in [-0.15, -0.1) is 0 Å². The summed E-state index contributed by atoms with van der Waals surface area (Å²) in [5.74, 6) is 0.836. The molecule has 1 nitrogen and oxygen atoms in total. The molecule has 0 amide bonds. The van der Waals surface area contributed by atoms with Crippen LogP contribution in [-0.4, -0.2) is 0 Å². The molecular formula is C18H20ClN. The predicted octanol–water partition coefficient (Wildman–Crippen LogP) is 5.07. The maximum absolute atomic E-state index is 6.03. The molecule has 20 heavy (non-hydrogen) atoms. The van der Waals surface area contributed by atoms with Gasteiger partial charge in [-0.2, -0.15) is 0 Å². The van der Waals surface area contributed by atoms with Crippen LogP contribution in [0.15, 0.2) is 48.5 Å². The summed E-state index contributed by atoms with van der Waals surface area (Å²) in [6.45, 7) is 3.06. The molecule has 2 heteroatoms. The van der Waals surface area contributed by atoms with Crippen LogP contribution in [0.25, 0.3) is 0 Å². The van der Waals surface area contributed by atoms with Crippen molar-refractivity contribution < 1.29 is 0 Å². The molecule has 1 N–H and O–H groups in total. The molecule has 0 spiro atoms. The molecule has 0 aromatic heterocycles. The molecule has 0 radical (unpaired) electrons. The smallest absolute Gasteiger partial charge is 0.0409 e. The molecular weight excluding hydrogens is 266 g/mol. The molecule has 2 aromatic carbocycles. The Hall–Kier alpha value is -1.31. The Morgan fingerprint density at radius 3 is 2.55 bits per heavy atom.